The van der Waals surface area contributed by atoms with Gasteiger partial charge in [-0.05, 0) is 49.6 Å². The van der Waals surface area contributed by atoms with E-state index < -0.39 is 10.4 Å². The maximum absolute atomic E-state index is 14.5. The van der Waals surface area contributed by atoms with E-state index in [1.54, 1.807) is 23.1 Å². The zero-order valence-electron chi connectivity index (χ0n) is 19.6. The van der Waals surface area contributed by atoms with Crippen LogP contribution in [0.1, 0.15) is 43.9 Å². The summed E-state index contributed by atoms with van der Waals surface area (Å²) < 4.78 is 0. The van der Waals surface area contributed by atoms with Crippen molar-refractivity contribution in [2.75, 3.05) is 15.6 Å². The van der Waals surface area contributed by atoms with Crippen molar-refractivity contribution in [3.63, 3.8) is 0 Å². The van der Waals surface area contributed by atoms with Gasteiger partial charge in [-0.2, -0.15) is 0 Å². The fourth-order valence-electron chi connectivity index (χ4n) is 6.33. The molecule has 1 saturated heterocycles. The summed E-state index contributed by atoms with van der Waals surface area (Å²) >= 11 is 13.9. The highest BCUT2D eigenvalue weighted by molar-refractivity contribution is 8.02. The van der Waals surface area contributed by atoms with E-state index in [-0.39, 0.29) is 23.0 Å². The van der Waals surface area contributed by atoms with Crippen molar-refractivity contribution in [3.05, 3.63) is 93.5 Å². The molecule has 1 spiro atoms. The van der Waals surface area contributed by atoms with Gasteiger partial charge in [0, 0.05) is 22.2 Å². The van der Waals surface area contributed by atoms with E-state index in [1.165, 1.54) is 17.3 Å². The number of carbonyl (C=O) groups is 2. The number of amides is 2. The molecule has 0 unspecified atom stereocenters. The van der Waals surface area contributed by atoms with Gasteiger partial charge in [-0.3, -0.25) is 14.5 Å². The summed E-state index contributed by atoms with van der Waals surface area (Å²) in [6, 6.07) is 21.7. The number of fused-ring (bicyclic) bond motifs is 1. The molecule has 2 atom stereocenters. The standard InChI is InChI=1S/C28H24Cl2N2O2S/c1-26(2)16-27(3,17-8-5-4-6-9-17)19-10-7-11-20-24(19)32(26)25(34)28(20)31(23(33)15-35-28)18-12-13-21(29)22(30)14-18/h4-14H,15-16H2,1-3H3/t27-,28-/m0/s1. The van der Waals surface area contributed by atoms with Crippen molar-refractivity contribution in [3.8, 4) is 0 Å². The van der Waals surface area contributed by atoms with Crippen molar-refractivity contribution >= 4 is 58.2 Å². The van der Waals surface area contributed by atoms with Gasteiger partial charge in [0.25, 0.3) is 5.91 Å². The van der Waals surface area contributed by atoms with Crippen molar-refractivity contribution in [1.29, 1.82) is 0 Å². The second kappa shape index (κ2) is 7.52. The zero-order chi connectivity index (χ0) is 24.8. The second-order valence-corrected chi connectivity index (χ2v) is 12.3. The highest BCUT2D eigenvalue weighted by atomic mass is 35.5. The van der Waals surface area contributed by atoms with Crippen LogP contribution in [0, 0.1) is 0 Å². The number of nitrogens with zero attached hydrogens (tertiary/aromatic N) is 2. The number of hydrogen-bond acceptors (Lipinski definition) is 3. The van der Waals surface area contributed by atoms with Gasteiger partial charge < -0.3 is 4.90 Å². The van der Waals surface area contributed by atoms with Gasteiger partial charge in [-0.25, -0.2) is 0 Å². The van der Waals surface area contributed by atoms with Gasteiger partial charge in [0.05, 0.1) is 21.5 Å². The Kier molecular flexibility index (Phi) is 4.93. The molecule has 0 radical (unpaired) electrons. The fourth-order valence-corrected chi connectivity index (χ4v) is 7.95. The molecule has 1 fully saturated rings. The lowest BCUT2D eigenvalue weighted by Crippen LogP contribution is -2.58. The Labute approximate surface area is 219 Å². The van der Waals surface area contributed by atoms with Crippen LogP contribution in [0.3, 0.4) is 0 Å². The van der Waals surface area contributed by atoms with Crippen LogP contribution in [0.4, 0.5) is 11.4 Å². The van der Waals surface area contributed by atoms with Gasteiger partial charge in [0.15, 0.2) is 0 Å². The number of benzene rings is 3. The lowest BCUT2D eigenvalue weighted by Gasteiger charge is -2.50. The van der Waals surface area contributed by atoms with Gasteiger partial charge in [-0.1, -0.05) is 78.7 Å². The molecular weight excluding hydrogens is 499 g/mol. The third-order valence-corrected chi connectivity index (χ3v) is 9.77. The van der Waals surface area contributed by atoms with Crippen LogP contribution in [0.2, 0.25) is 10.0 Å². The molecule has 3 aliphatic rings. The molecule has 6 rings (SSSR count). The van der Waals surface area contributed by atoms with Crippen LogP contribution >= 0.6 is 35.0 Å². The molecule has 4 nitrogen and oxygen atoms in total. The van der Waals surface area contributed by atoms with Crippen molar-refractivity contribution in [2.45, 2.75) is 43.0 Å². The minimum Gasteiger partial charge on any atom is -0.303 e. The average Bonchev–Trinajstić information content (AvgIpc) is 3.30. The monoisotopic (exact) mass is 522 g/mol. The van der Waals surface area contributed by atoms with Gasteiger partial charge in [-0.15, -0.1) is 11.8 Å². The van der Waals surface area contributed by atoms with E-state index in [0.717, 1.165) is 23.2 Å². The van der Waals surface area contributed by atoms with Crippen molar-refractivity contribution in [1.82, 2.24) is 0 Å². The molecule has 35 heavy (non-hydrogen) atoms. The van der Waals surface area contributed by atoms with E-state index in [9.17, 15) is 9.59 Å². The summed E-state index contributed by atoms with van der Waals surface area (Å²) in [5, 5.41) is 0.755. The number of anilines is 2. The molecule has 2 amide bonds. The molecule has 3 aromatic rings. The van der Waals surface area contributed by atoms with Crippen LogP contribution in [0.25, 0.3) is 0 Å². The molecule has 0 bridgehead atoms. The quantitative estimate of drug-likeness (QED) is 0.373. The summed E-state index contributed by atoms with van der Waals surface area (Å²) in [5.74, 6) is 0.00432. The Morgan fingerprint density at radius 1 is 0.829 bits per heavy atom. The molecule has 7 heteroatoms. The van der Waals surface area contributed by atoms with Crippen molar-refractivity contribution in [2.24, 2.45) is 0 Å². The van der Waals surface area contributed by atoms with Crippen LogP contribution < -0.4 is 9.80 Å². The maximum Gasteiger partial charge on any atom is 0.269 e. The molecule has 3 aromatic carbocycles. The topological polar surface area (TPSA) is 40.6 Å². The van der Waals surface area contributed by atoms with E-state index in [0.29, 0.717) is 15.7 Å². The largest absolute Gasteiger partial charge is 0.303 e. The Morgan fingerprint density at radius 3 is 2.26 bits per heavy atom. The Bertz CT molecular complexity index is 1410. The average molecular weight is 523 g/mol. The van der Waals surface area contributed by atoms with Gasteiger partial charge in [0.2, 0.25) is 10.8 Å². The second-order valence-electron chi connectivity index (χ2n) is 10.3. The first-order valence-corrected chi connectivity index (χ1v) is 13.3. The SMILES string of the molecule is CC1(C)C[C@@](C)(c2ccccc2)c2cccc3c2N1C(=O)[C@@]31SCC(=O)N1c1ccc(Cl)c(Cl)c1. The van der Waals surface area contributed by atoms with E-state index in [2.05, 4.69) is 51.1 Å². The normalized spacial score (nSPS) is 26.5. The number of halogens is 2. The van der Waals surface area contributed by atoms with Crippen molar-refractivity contribution < 1.29 is 9.59 Å². The Balaban J connectivity index is 1.63. The smallest absolute Gasteiger partial charge is 0.269 e. The first-order valence-electron chi connectivity index (χ1n) is 11.6. The number of rotatable bonds is 2. The minimum absolute atomic E-state index is 0.0815. The number of thioether (sulfide) groups is 1. The van der Waals surface area contributed by atoms with E-state index >= 15 is 0 Å². The number of hydrogen-bond donors (Lipinski definition) is 0. The molecule has 0 aliphatic carbocycles. The Morgan fingerprint density at radius 2 is 1.54 bits per heavy atom. The first kappa shape index (κ1) is 23.0. The lowest BCUT2D eigenvalue weighted by molar-refractivity contribution is -0.124. The molecule has 0 aromatic heterocycles. The maximum atomic E-state index is 14.5. The predicted octanol–water partition coefficient (Wildman–Crippen LogP) is 6.76. The zero-order valence-corrected chi connectivity index (χ0v) is 22.0. The summed E-state index contributed by atoms with van der Waals surface area (Å²) in [4.78, 5) is 30.2. The third kappa shape index (κ3) is 2.95. The Hall–Kier alpha value is -2.47. The lowest BCUT2D eigenvalue weighted by atomic mass is 9.65. The van der Waals surface area contributed by atoms with E-state index in [1.807, 2.05) is 23.1 Å². The van der Waals surface area contributed by atoms with Gasteiger partial charge in [0.1, 0.15) is 0 Å². The third-order valence-electron chi connectivity index (χ3n) is 7.64. The van der Waals surface area contributed by atoms with Gasteiger partial charge >= 0.3 is 0 Å². The van der Waals surface area contributed by atoms with Crippen LogP contribution in [-0.2, 0) is 19.9 Å². The van der Waals surface area contributed by atoms with Crippen LogP contribution in [0.15, 0.2) is 66.7 Å². The molecular formula is C28H24Cl2N2O2S. The fraction of sp³-hybridized carbons (Fsp3) is 0.286. The number of carbonyl (C=O) groups excluding carboxylic acids is 2. The highest BCUT2D eigenvalue weighted by Crippen LogP contribution is 2.63. The minimum atomic E-state index is -1.18. The molecule has 178 valence electrons. The number of para-hydroxylation sites is 1. The van der Waals surface area contributed by atoms with Crippen LogP contribution in [0.5, 0.6) is 0 Å². The summed E-state index contributed by atoms with van der Waals surface area (Å²) in [7, 11) is 0. The molecule has 0 saturated carbocycles. The summed E-state index contributed by atoms with van der Waals surface area (Å²) in [6.45, 7) is 6.50. The predicted molar refractivity (Wildman–Crippen MR) is 144 cm³/mol. The molecule has 0 N–H and O–H groups in total. The first-order chi connectivity index (χ1) is 16.6. The van der Waals surface area contributed by atoms with Crippen LogP contribution in [-0.4, -0.2) is 23.1 Å². The summed E-state index contributed by atoms with van der Waals surface area (Å²) in [5.41, 5.74) is 3.92. The highest BCUT2D eigenvalue weighted by Gasteiger charge is 2.65. The molecule has 3 heterocycles. The van der Waals surface area contributed by atoms with E-state index in [4.69, 9.17) is 23.2 Å². The summed E-state index contributed by atoms with van der Waals surface area (Å²) in [6.07, 6.45) is 0.758. The molecule has 3 aliphatic heterocycles.